The van der Waals surface area contributed by atoms with E-state index in [0.29, 0.717) is 0 Å². The molecule has 2 aromatic rings. The third-order valence-corrected chi connectivity index (χ3v) is 4.92. The number of hydrogen-bond donors (Lipinski definition) is 0. The normalized spacial score (nSPS) is 11.5. The summed E-state index contributed by atoms with van der Waals surface area (Å²) in [5.41, 5.74) is 11.6. The molecule has 0 radical (unpaired) electrons. The van der Waals surface area contributed by atoms with Gasteiger partial charge in [-0.25, -0.2) is 0 Å². The summed E-state index contributed by atoms with van der Waals surface area (Å²) >= 11 is 0. The molecule has 0 fully saturated rings. The molecule has 0 saturated carbocycles. The van der Waals surface area contributed by atoms with Crippen LogP contribution in [0, 0.1) is 6.92 Å². The van der Waals surface area contributed by atoms with Crippen LogP contribution in [-0.2, 0) is 12.8 Å². The molecule has 0 N–H and O–H groups in total. The molecule has 26 heavy (non-hydrogen) atoms. The Morgan fingerprint density at radius 3 is 2.12 bits per heavy atom. The Morgan fingerprint density at radius 2 is 1.62 bits per heavy atom. The van der Waals surface area contributed by atoms with Crippen molar-refractivity contribution in [1.82, 2.24) is 0 Å². The van der Waals surface area contributed by atoms with Crippen LogP contribution in [0.25, 0.3) is 17.2 Å². The maximum absolute atomic E-state index is 4.15. The molecular formula is C26H32. The summed E-state index contributed by atoms with van der Waals surface area (Å²) in [4.78, 5) is 0. The van der Waals surface area contributed by atoms with Crippen molar-refractivity contribution in [2.45, 2.75) is 53.9 Å². The van der Waals surface area contributed by atoms with Crippen LogP contribution in [0.4, 0.5) is 0 Å². The zero-order valence-corrected chi connectivity index (χ0v) is 17.1. The van der Waals surface area contributed by atoms with Gasteiger partial charge < -0.3 is 0 Å². The van der Waals surface area contributed by atoms with E-state index < -0.39 is 0 Å². The molecule has 2 rings (SSSR count). The first-order chi connectivity index (χ1) is 12.3. The zero-order chi connectivity index (χ0) is 19.3. The first kappa shape index (κ1) is 20.0. The Bertz CT molecular complexity index is 829. The summed E-state index contributed by atoms with van der Waals surface area (Å²) in [6.45, 7) is 19.0. The highest BCUT2D eigenvalue weighted by Crippen LogP contribution is 2.30. The largest absolute Gasteiger partial charge is 0.0998 e. The summed E-state index contributed by atoms with van der Waals surface area (Å²) in [7, 11) is 0. The SMILES string of the molecule is C=C(C)C/C(=C\c1cc(CC)c(-c2ccc(CC)cc2)cc1C)C(=C)C. The lowest BCUT2D eigenvalue weighted by Gasteiger charge is -2.15. The molecule has 0 heteroatoms. The Hall–Kier alpha value is -2.34. The summed E-state index contributed by atoms with van der Waals surface area (Å²) in [6, 6.07) is 13.7. The number of hydrogen-bond acceptors (Lipinski definition) is 0. The lowest BCUT2D eigenvalue weighted by Crippen LogP contribution is -1.94. The Balaban J connectivity index is 2.51. The Morgan fingerprint density at radius 1 is 0.962 bits per heavy atom. The predicted molar refractivity (Wildman–Crippen MR) is 118 cm³/mol. The van der Waals surface area contributed by atoms with Gasteiger partial charge in [0.1, 0.15) is 0 Å². The van der Waals surface area contributed by atoms with Gasteiger partial charge in [0.2, 0.25) is 0 Å². The van der Waals surface area contributed by atoms with Gasteiger partial charge >= 0.3 is 0 Å². The van der Waals surface area contributed by atoms with Gasteiger partial charge in [0.05, 0.1) is 0 Å². The molecular weight excluding hydrogens is 312 g/mol. The molecule has 0 atom stereocenters. The quantitative estimate of drug-likeness (QED) is 0.356. The van der Waals surface area contributed by atoms with Crippen molar-refractivity contribution in [2.75, 3.05) is 0 Å². The van der Waals surface area contributed by atoms with Crippen molar-refractivity contribution in [2.24, 2.45) is 0 Å². The minimum absolute atomic E-state index is 0.885. The molecule has 0 amide bonds. The second-order valence-electron chi connectivity index (χ2n) is 7.35. The van der Waals surface area contributed by atoms with E-state index >= 15 is 0 Å². The fraction of sp³-hybridized carbons (Fsp3) is 0.308. The van der Waals surface area contributed by atoms with Crippen LogP contribution in [0.1, 0.15) is 56.4 Å². The van der Waals surface area contributed by atoms with Crippen molar-refractivity contribution in [1.29, 1.82) is 0 Å². The number of aryl methyl sites for hydroxylation is 3. The predicted octanol–water partition coefficient (Wildman–Crippen LogP) is 7.71. The van der Waals surface area contributed by atoms with Crippen molar-refractivity contribution in [3.8, 4) is 11.1 Å². The van der Waals surface area contributed by atoms with E-state index in [1.807, 2.05) is 0 Å². The Kier molecular flexibility index (Phi) is 6.80. The lowest BCUT2D eigenvalue weighted by molar-refractivity contribution is 1.12. The first-order valence-corrected chi connectivity index (χ1v) is 9.59. The average Bonchev–Trinajstić information content (AvgIpc) is 2.62. The van der Waals surface area contributed by atoms with Crippen LogP contribution >= 0.6 is 0 Å². The van der Waals surface area contributed by atoms with Gasteiger partial charge in [-0.2, -0.15) is 0 Å². The molecule has 2 aromatic carbocycles. The minimum Gasteiger partial charge on any atom is -0.0998 e. The van der Waals surface area contributed by atoms with Crippen LogP contribution in [-0.4, -0.2) is 0 Å². The maximum atomic E-state index is 4.15. The summed E-state index contributed by atoms with van der Waals surface area (Å²) in [5, 5.41) is 0. The van der Waals surface area contributed by atoms with Gasteiger partial charge in [0, 0.05) is 0 Å². The third kappa shape index (κ3) is 4.85. The average molecular weight is 345 g/mol. The highest BCUT2D eigenvalue weighted by atomic mass is 14.1. The fourth-order valence-electron chi connectivity index (χ4n) is 3.25. The van der Waals surface area contributed by atoms with Crippen LogP contribution in [0.2, 0.25) is 0 Å². The maximum Gasteiger partial charge on any atom is -0.00699 e. The summed E-state index contributed by atoms with van der Waals surface area (Å²) in [6.07, 6.45) is 5.27. The molecule has 0 nitrogen and oxygen atoms in total. The van der Waals surface area contributed by atoms with Crippen LogP contribution in [0.5, 0.6) is 0 Å². The lowest BCUT2D eigenvalue weighted by atomic mass is 9.90. The molecule has 0 bridgehead atoms. The summed E-state index contributed by atoms with van der Waals surface area (Å²) in [5.74, 6) is 0. The first-order valence-electron chi connectivity index (χ1n) is 9.59. The van der Waals surface area contributed by atoms with E-state index in [2.05, 4.69) is 90.3 Å². The van der Waals surface area contributed by atoms with E-state index in [9.17, 15) is 0 Å². The standard InChI is InChI=1S/C26H32/c1-8-21-10-12-23(13-11-21)26-15-20(7)25(16-22(26)9-2)17-24(19(5)6)14-18(3)4/h10-13,15-17H,3,5,8-9,14H2,1-2,4,6-7H3/b24-17+. The van der Waals surface area contributed by atoms with Gasteiger partial charge in [-0.15, -0.1) is 0 Å². The zero-order valence-electron chi connectivity index (χ0n) is 17.1. The molecule has 0 aliphatic rings. The molecule has 0 heterocycles. The topological polar surface area (TPSA) is 0 Å². The van der Waals surface area contributed by atoms with Gasteiger partial charge in [-0.05, 0) is 79.0 Å². The van der Waals surface area contributed by atoms with Crippen LogP contribution < -0.4 is 0 Å². The van der Waals surface area contributed by atoms with Gasteiger partial charge in [0.25, 0.3) is 0 Å². The van der Waals surface area contributed by atoms with Gasteiger partial charge in [-0.3, -0.25) is 0 Å². The molecule has 0 aliphatic carbocycles. The number of benzene rings is 2. The molecule has 136 valence electrons. The molecule has 0 unspecified atom stereocenters. The molecule has 0 aliphatic heterocycles. The van der Waals surface area contributed by atoms with Crippen molar-refractivity contribution < 1.29 is 0 Å². The van der Waals surface area contributed by atoms with Crippen molar-refractivity contribution in [3.63, 3.8) is 0 Å². The molecule has 0 aromatic heterocycles. The van der Waals surface area contributed by atoms with Crippen molar-refractivity contribution >= 4 is 6.08 Å². The van der Waals surface area contributed by atoms with E-state index in [0.717, 1.165) is 24.8 Å². The Labute approximate surface area is 160 Å². The smallest absolute Gasteiger partial charge is 0.00699 e. The van der Waals surface area contributed by atoms with Gasteiger partial charge in [-0.1, -0.05) is 80.6 Å². The van der Waals surface area contributed by atoms with Crippen molar-refractivity contribution in [3.05, 3.63) is 88.5 Å². The van der Waals surface area contributed by atoms with E-state index in [4.69, 9.17) is 0 Å². The van der Waals surface area contributed by atoms with Crippen LogP contribution in [0.3, 0.4) is 0 Å². The highest BCUT2D eigenvalue weighted by Gasteiger charge is 2.09. The second kappa shape index (κ2) is 8.85. The van der Waals surface area contributed by atoms with Crippen LogP contribution in [0.15, 0.2) is 66.3 Å². The monoisotopic (exact) mass is 344 g/mol. The van der Waals surface area contributed by atoms with Gasteiger partial charge in [0.15, 0.2) is 0 Å². The molecule has 0 saturated heterocycles. The molecule has 0 spiro atoms. The van der Waals surface area contributed by atoms with E-state index in [1.54, 1.807) is 0 Å². The fourth-order valence-corrected chi connectivity index (χ4v) is 3.25. The third-order valence-electron chi connectivity index (χ3n) is 4.92. The summed E-state index contributed by atoms with van der Waals surface area (Å²) < 4.78 is 0. The van der Waals surface area contributed by atoms with E-state index in [-0.39, 0.29) is 0 Å². The number of allylic oxidation sites excluding steroid dienone is 3. The minimum atomic E-state index is 0.885. The van der Waals surface area contributed by atoms with E-state index in [1.165, 1.54) is 44.5 Å². The number of rotatable bonds is 7. The highest BCUT2D eigenvalue weighted by molar-refractivity contribution is 5.73. The second-order valence-corrected chi connectivity index (χ2v) is 7.35.